The molecule has 1 N–H and O–H groups in total. The summed E-state index contributed by atoms with van der Waals surface area (Å²) in [7, 11) is 0. The molecule has 0 unspecified atom stereocenters. The van der Waals surface area contributed by atoms with Crippen LogP contribution in [0.2, 0.25) is 5.02 Å². The van der Waals surface area contributed by atoms with Crippen LogP contribution in [0, 0.1) is 13.8 Å². The van der Waals surface area contributed by atoms with Crippen molar-refractivity contribution in [1.29, 1.82) is 0 Å². The van der Waals surface area contributed by atoms with Gasteiger partial charge in [-0.05, 0) is 61.4 Å². The smallest absolute Gasteiger partial charge is 0.306 e. The number of benzene rings is 2. The van der Waals surface area contributed by atoms with Crippen LogP contribution in [0.3, 0.4) is 0 Å². The van der Waals surface area contributed by atoms with Gasteiger partial charge in [-0.15, -0.1) is 0 Å². The normalized spacial score (nSPS) is 10.3. The molecule has 0 atom stereocenters. The van der Waals surface area contributed by atoms with E-state index in [4.69, 9.17) is 16.3 Å². The molecule has 5 nitrogen and oxygen atoms in total. The average Bonchev–Trinajstić information content (AvgIpc) is 2.57. The number of nitrogens with one attached hydrogen (secondary N) is 1. The Morgan fingerprint density at radius 1 is 0.962 bits per heavy atom. The van der Waals surface area contributed by atoms with Crippen molar-refractivity contribution in [2.24, 2.45) is 0 Å². The van der Waals surface area contributed by atoms with Crippen molar-refractivity contribution in [3.05, 3.63) is 64.2 Å². The SMILES string of the molecule is Cc1cc(C)cc(NC(=O)COC(=O)CCC(=O)c2ccc(Cl)cc2)c1. The Bertz CT molecular complexity index is 795. The molecule has 0 heterocycles. The molecule has 0 saturated heterocycles. The number of ether oxygens (including phenoxy) is 1. The lowest BCUT2D eigenvalue weighted by Gasteiger charge is -2.08. The minimum absolute atomic E-state index is 0.0131. The number of rotatable bonds is 7. The Morgan fingerprint density at radius 2 is 1.58 bits per heavy atom. The van der Waals surface area contributed by atoms with Gasteiger partial charge < -0.3 is 10.1 Å². The molecule has 0 fully saturated rings. The number of hydrogen-bond acceptors (Lipinski definition) is 4. The summed E-state index contributed by atoms with van der Waals surface area (Å²) in [5.74, 6) is -1.20. The van der Waals surface area contributed by atoms with Crippen molar-refractivity contribution < 1.29 is 19.1 Å². The molecular weight excluding hydrogens is 354 g/mol. The van der Waals surface area contributed by atoms with Crippen LogP contribution in [0.5, 0.6) is 0 Å². The van der Waals surface area contributed by atoms with Gasteiger partial charge in [0.1, 0.15) is 0 Å². The second-order valence-corrected chi connectivity index (χ2v) is 6.45. The van der Waals surface area contributed by atoms with E-state index in [1.165, 1.54) is 0 Å². The number of Topliss-reactive ketones (excluding diaryl/α,β-unsaturated/α-hetero) is 1. The van der Waals surface area contributed by atoms with Gasteiger partial charge in [-0.25, -0.2) is 0 Å². The molecule has 0 aliphatic carbocycles. The van der Waals surface area contributed by atoms with E-state index >= 15 is 0 Å². The number of carbonyl (C=O) groups excluding carboxylic acids is 3. The number of halogens is 1. The molecule has 136 valence electrons. The topological polar surface area (TPSA) is 72.5 Å². The van der Waals surface area contributed by atoms with Gasteiger partial charge in [-0.2, -0.15) is 0 Å². The van der Waals surface area contributed by atoms with Crippen molar-refractivity contribution in [3.8, 4) is 0 Å². The predicted octanol–water partition coefficient (Wildman–Crippen LogP) is 4.10. The van der Waals surface area contributed by atoms with Gasteiger partial charge in [0, 0.05) is 22.7 Å². The monoisotopic (exact) mass is 373 g/mol. The predicted molar refractivity (Wildman–Crippen MR) is 101 cm³/mol. The molecule has 2 aromatic rings. The number of aryl methyl sites for hydroxylation is 2. The maximum absolute atomic E-state index is 12.0. The molecule has 0 bridgehead atoms. The lowest BCUT2D eigenvalue weighted by atomic mass is 10.1. The fourth-order valence-electron chi connectivity index (χ4n) is 2.46. The summed E-state index contributed by atoms with van der Waals surface area (Å²) < 4.78 is 4.92. The molecule has 0 aromatic heterocycles. The van der Waals surface area contributed by atoms with Gasteiger partial charge in [-0.1, -0.05) is 17.7 Å². The largest absolute Gasteiger partial charge is 0.456 e. The van der Waals surface area contributed by atoms with Crippen LogP contribution < -0.4 is 5.32 Å². The van der Waals surface area contributed by atoms with Crippen molar-refractivity contribution in [1.82, 2.24) is 0 Å². The zero-order chi connectivity index (χ0) is 19.1. The number of amides is 1. The van der Waals surface area contributed by atoms with E-state index in [0.29, 0.717) is 16.3 Å². The molecule has 0 aliphatic rings. The lowest BCUT2D eigenvalue weighted by Crippen LogP contribution is -2.21. The van der Waals surface area contributed by atoms with Crippen molar-refractivity contribution >= 4 is 34.9 Å². The summed E-state index contributed by atoms with van der Waals surface area (Å²) in [6.45, 7) is 3.47. The maximum atomic E-state index is 12.0. The van der Waals surface area contributed by atoms with Crippen molar-refractivity contribution in [2.45, 2.75) is 26.7 Å². The summed E-state index contributed by atoms with van der Waals surface area (Å²) in [4.78, 5) is 35.6. The maximum Gasteiger partial charge on any atom is 0.306 e. The molecule has 0 spiro atoms. The highest BCUT2D eigenvalue weighted by Crippen LogP contribution is 2.14. The third-order valence-corrected chi connectivity index (χ3v) is 3.84. The Labute approximate surface area is 157 Å². The molecule has 0 radical (unpaired) electrons. The van der Waals surface area contributed by atoms with E-state index in [9.17, 15) is 14.4 Å². The van der Waals surface area contributed by atoms with Gasteiger partial charge in [0.05, 0.1) is 6.42 Å². The van der Waals surface area contributed by atoms with E-state index in [1.807, 2.05) is 32.0 Å². The first-order chi connectivity index (χ1) is 12.3. The van der Waals surface area contributed by atoms with E-state index in [2.05, 4.69) is 5.32 Å². The Hall–Kier alpha value is -2.66. The lowest BCUT2D eigenvalue weighted by molar-refractivity contribution is -0.147. The number of carbonyl (C=O) groups is 3. The number of anilines is 1. The van der Waals surface area contributed by atoms with Crippen LogP contribution in [0.15, 0.2) is 42.5 Å². The number of ketones is 1. The minimum atomic E-state index is -0.595. The van der Waals surface area contributed by atoms with E-state index in [-0.39, 0.29) is 25.2 Å². The highest BCUT2D eigenvalue weighted by Gasteiger charge is 2.12. The molecule has 1 amide bonds. The van der Waals surface area contributed by atoms with Crippen molar-refractivity contribution in [2.75, 3.05) is 11.9 Å². The summed E-state index contributed by atoms with van der Waals surface area (Å²) in [6.07, 6.45) is -0.0720. The van der Waals surface area contributed by atoms with Crippen LogP contribution in [-0.2, 0) is 14.3 Å². The Kier molecular flexibility index (Phi) is 6.92. The van der Waals surface area contributed by atoms with Crippen LogP contribution >= 0.6 is 11.6 Å². The molecule has 2 rings (SSSR count). The van der Waals surface area contributed by atoms with Crippen LogP contribution in [0.1, 0.15) is 34.3 Å². The second-order valence-electron chi connectivity index (χ2n) is 6.02. The minimum Gasteiger partial charge on any atom is -0.456 e. The van der Waals surface area contributed by atoms with Gasteiger partial charge in [0.25, 0.3) is 5.91 Å². The third-order valence-electron chi connectivity index (χ3n) is 3.59. The molecule has 6 heteroatoms. The van der Waals surface area contributed by atoms with Crippen LogP contribution in [0.25, 0.3) is 0 Å². The van der Waals surface area contributed by atoms with Gasteiger partial charge in [0.15, 0.2) is 12.4 Å². The molecular formula is C20H20ClNO4. The zero-order valence-electron chi connectivity index (χ0n) is 14.7. The summed E-state index contributed by atoms with van der Waals surface area (Å²) in [5, 5.41) is 3.22. The fraction of sp³-hybridized carbons (Fsp3) is 0.250. The number of esters is 1. The quantitative estimate of drug-likeness (QED) is 0.585. The third kappa shape index (κ3) is 6.33. The first-order valence-corrected chi connectivity index (χ1v) is 8.54. The van der Waals surface area contributed by atoms with Gasteiger partial charge in [0.2, 0.25) is 0 Å². The summed E-state index contributed by atoms with van der Waals surface area (Å²) >= 11 is 5.77. The number of hydrogen-bond donors (Lipinski definition) is 1. The summed E-state index contributed by atoms with van der Waals surface area (Å²) in [5.41, 5.74) is 3.19. The van der Waals surface area contributed by atoms with Crippen molar-refractivity contribution in [3.63, 3.8) is 0 Å². The molecule has 2 aromatic carbocycles. The molecule has 0 saturated carbocycles. The highest BCUT2D eigenvalue weighted by molar-refractivity contribution is 6.30. The Balaban J connectivity index is 1.74. The van der Waals surface area contributed by atoms with E-state index < -0.39 is 11.9 Å². The standard InChI is InChI=1S/C20H20ClNO4/c1-13-9-14(2)11-17(10-13)22-19(24)12-26-20(25)8-7-18(23)15-3-5-16(21)6-4-15/h3-6,9-11H,7-8,12H2,1-2H3,(H,22,24). The first kappa shape index (κ1) is 19.7. The average molecular weight is 374 g/mol. The first-order valence-electron chi connectivity index (χ1n) is 8.16. The fourth-order valence-corrected chi connectivity index (χ4v) is 2.58. The van der Waals surface area contributed by atoms with Gasteiger partial charge in [-0.3, -0.25) is 14.4 Å². The molecule has 26 heavy (non-hydrogen) atoms. The van der Waals surface area contributed by atoms with Crippen LogP contribution in [0.4, 0.5) is 5.69 Å². The second kappa shape index (κ2) is 9.15. The van der Waals surface area contributed by atoms with Crippen LogP contribution in [-0.4, -0.2) is 24.3 Å². The van der Waals surface area contributed by atoms with Gasteiger partial charge >= 0.3 is 5.97 Å². The zero-order valence-corrected chi connectivity index (χ0v) is 15.4. The van der Waals surface area contributed by atoms with E-state index in [0.717, 1.165) is 11.1 Å². The highest BCUT2D eigenvalue weighted by atomic mass is 35.5. The van der Waals surface area contributed by atoms with E-state index in [1.54, 1.807) is 24.3 Å². The Morgan fingerprint density at radius 3 is 2.19 bits per heavy atom. The molecule has 0 aliphatic heterocycles. The summed E-state index contributed by atoms with van der Waals surface area (Å²) in [6, 6.07) is 12.1.